The van der Waals surface area contributed by atoms with Crippen molar-refractivity contribution in [3.8, 4) is 0 Å². The van der Waals surface area contributed by atoms with Gasteiger partial charge in [-0.1, -0.05) is 13.0 Å². The minimum absolute atomic E-state index is 0.0994. The molecule has 1 fully saturated rings. The first kappa shape index (κ1) is 16.2. The zero-order chi connectivity index (χ0) is 15.4. The molecule has 0 aliphatic carbocycles. The lowest BCUT2D eigenvalue weighted by atomic mass is 10.1. The molecule has 1 aliphatic heterocycles. The third-order valence-corrected chi connectivity index (χ3v) is 4.59. The minimum Gasteiger partial charge on any atom is -0.365 e. The Balaban J connectivity index is 2.26. The van der Waals surface area contributed by atoms with Crippen molar-refractivity contribution in [1.82, 2.24) is 10.2 Å². The summed E-state index contributed by atoms with van der Waals surface area (Å²) in [5, 5.41) is 3.16. The SMILES string of the molecule is CCC1CN(C)CCCN1c1ccc(C(C)NC)cc1F. The van der Waals surface area contributed by atoms with Crippen LogP contribution in [-0.4, -0.2) is 44.7 Å². The molecule has 2 rings (SSSR count). The molecule has 2 unspecified atom stereocenters. The minimum atomic E-state index is -0.0994. The molecular weight excluding hydrogens is 265 g/mol. The Kier molecular flexibility index (Phi) is 5.59. The van der Waals surface area contributed by atoms with Crippen LogP contribution in [0.15, 0.2) is 18.2 Å². The Morgan fingerprint density at radius 3 is 2.76 bits per heavy atom. The Morgan fingerprint density at radius 2 is 2.14 bits per heavy atom. The number of rotatable bonds is 4. The largest absolute Gasteiger partial charge is 0.365 e. The van der Waals surface area contributed by atoms with Crippen molar-refractivity contribution in [2.24, 2.45) is 0 Å². The van der Waals surface area contributed by atoms with Crippen LogP contribution in [0.3, 0.4) is 0 Å². The fourth-order valence-electron chi connectivity index (χ4n) is 3.10. The second-order valence-corrected chi connectivity index (χ2v) is 6.09. The molecule has 1 aromatic rings. The predicted octanol–water partition coefficient (Wildman–Crippen LogP) is 3.03. The van der Waals surface area contributed by atoms with Crippen LogP contribution in [0.25, 0.3) is 0 Å². The van der Waals surface area contributed by atoms with Gasteiger partial charge in [0.15, 0.2) is 0 Å². The molecule has 2 atom stereocenters. The summed E-state index contributed by atoms with van der Waals surface area (Å²) >= 11 is 0. The number of nitrogens with zero attached hydrogens (tertiary/aromatic N) is 2. The smallest absolute Gasteiger partial charge is 0.146 e. The molecule has 0 saturated carbocycles. The molecule has 0 radical (unpaired) electrons. The molecule has 1 saturated heterocycles. The standard InChI is InChI=1S/C17H28FN3/c1-5-15-12-20(4)9-6-10-21(15)17-8-7-14(11-16(17)18)13(2)19-3/h7-8,11,13,15,19H,5-6,9-10,12H2,1-4H3. The highest BCUT2D eigenvalue weighted by Gasteiger charge is 2.24. The van der Waals surface area contributed by atoms with Crippen LogP contribution >= 0.6 is 0 Å². The van der Waals surface area contributed by atoms with Crippen LogP contribution in [0.2, 0.25) is 0 Å². The number of halogens is 1. The highest BCUT2D eigenvalue weighted by molar-refractivity contribution is 5.51. The van der Waals surface area contributed by atoms with Crippen LogP contribution in [0.1, 0.15) is 38.3 Å². The van der Waals surface area contributed by atoms with E-state index in [-0.39, 0.29) is 11.9 Å². The summed E-state index contributed by atoms with van der Waals surface area (Å²) in [6.45, 7) is 7.26. The normalized spacial score (nSPS) is 22.1. The van der Waals surface area contributed by atoms with Gasteiger partial charge in [0.25, 0.3) is 0 Å². The van der Waals surface area contributed by atoms with Gasteiger partial charge in [-0.2, -0.15) is 0 Å². The van der Waals surface area contributed by atoms with E-state index >= 15 is 0 Å². The fourth-order valence-corrected chi connectivity index (χ4v) is 3.10. The van der Waals surface area contributed by atoms with Crippen molar-refractivity contribution in [2.45, 2.75) is 38.8 Å². The highest BCUT2D eigenvalue weighted by Crippen LogP contribution is 2.27. The number of nitrogens with one attached hydrogen (secondary N) is 1. The number of hydrogen-bond donors (Lipinski definition) is 1. The first-order valence-electron chi connectivity index (χ1n) is 7.98. The van der Waals surface area contributed by atoms with Crippen LogP contribution in [0.4, 0.5) is 10.1 Å². The number of hydrogen-bond acceptors (Lipinski definition) is 3. The molecular formula is C17H28FN3. The van der Waals surface area contributed by atoms with E-state index in [1.807, 2.05) is 26.1 Å². The number of benzene rings is 1. The lowest BCUT2D eigenvalue weighted by Crippen LogP contribution is -2.40. The van der Waals surface area contributed by atoms with Crippen molar-refractivity contribution < 1.29 is 4.39 Å². The molecule has 1 aliphatic rings. The first-order chi connectivity index (χ1) is 10.1. The van der Waals surface area contributed by atoms with Gasteiger partial charge in [0, 0.05) is 25.2 Å². The molecule has 0 bridgehead atoms. The van der Waals surface area contributed by atoms with Gasteiger partial charge in [0.05, 0.1) is 5.69 Å². The van der Waals surface area contributed by atoms with Crippen molar-refractivity contribution in [2.75, 3.05) is 38.6 Å². The molecule has 1 aromatic carbocycles. The maximum absolute atomic E-state index is 14.6. The van der Waals surface area contributed by atoms with Gasteiger partial charge < -0.3 is 15.1 Å². The Hall–Kier alpha value is -1.13. The van der Waals surface area contributed by atoms with E-state index in [4.69, 9.17) is 0 Å². The first-order valence-corrected chi connectivity index (χ1v) is 7.98. The summed E-state index contributed by atoms with van der Waals surface area (Å²) in [7, 11) is 4.05. The molecule has 21 heavy (non-hydrogen) atoms. The van der Waals surface area contributed by atoms with Gasteiger partial charge in [0.2, 0.25) is 0 Å². The van der Waals surface area contributed by atoms with E-state index in [1.54, 1.807) is 6.07 Å². The van der Waals surface area contributed by atoms with Gasteiger partial charge in [-0.3, -0.25) is 0 Å². The van der Waals surface area contributed by atoms with Gasteiger partial charge in [-0.25, -0.2) is 4.39 Å². The van der Waals surface area contributed by atoms with E-state index in [9.17, 15) is 4.39 Å². The molecule has 0 aromatic heterocycles. The topological polar surface area (TPSA) is 18.5 Å². The van der Waals surface area contributed by atoms with Crippen LogP contribution in [0, 0.1) is 5.82 Å². The average Bonchev–Trinajstić information content (AvgIpc) is 2.67. The molecule has 1 N–H and O–H groups in total. The Bertz CT molecular complexity index is 463. The highest BCUT2D eigenvalue weighted by atomic mass is 19.1. The summed E-state index contributed by atoms with van der Waals surface area (Å²) in [5.74, 6) is -0.0994. The maximum Gasteiger partial charge on any atom is 0.146 e. The zero-order valence-electron chi connectivity index (χ0n) is 13.7. The number of anilines is 1. The Morgan fingerprint density at radius 1 is 1.38 bits per heavy atom. The second kappa shape index (κ2) is 7.23. The number of likely N-dealkylation sites (N-methyl/N-ethyl adjacent to an activating group) is 1. The monoisotopic (exact) mass is 293 g/mol. The lowest BCUT2D eigenvalue weighted by molar-refractivity contribution is 0.327. The molecule has 1 heterocycles. The van der Waals surface area contributed by atoms with Gasteiger partial charge in [0.1, 0.15) is 5.82 Å². The summed E-state index contributed by atoms with van der Waals surface area (Å²) < 4.78 is 14.6. The van der Waals surface area contributed by atoms with E-state index in [0.29, 0.717) is 6.04 Å². The van der Waals surface area contributed by atoms with E-state index < -0.39 is 0 Å². The maximum atomic E-state index is 14.6. The molecule has 118 valence electrons. The summed E-state index contributed by atoms with van der Waals surface area (Å²) in [5.41, 5.74) is 1.75. The van der Waals surface area contributed by atoms with E-state index in [2.05, 4.69) is 29.1 Å². The Labute approximate surface area is 128 Å². The molecule has 4 heteroatoms. The summed E-state index contributed by atoms with van der Waals surface area (Å²) in [4.78, 5) is 4.61. The van der Waals surface area contributed by atoms with Crippen molar-refractivity contribution in [1.29, 1.82) is 0 Å². The van der Waals surface area contributed by atoms with Gasteiger partial charge in [-0.15, -0.1) is 0 Å². The van der Waals surface area contributed by atoms with E-state index in [0.717, 1.165) is 43.7 Å². The lowest BCUT2D eigenvalue weighted by Gasteiger charge is -2.32. The predicted molar refractivity (Wildman–Crippen MR) is 87.4 cm³/mol. The fraction of sp³-hybridized carbons (Fsp3) is 0.647. The van der Waals surface area contributed by atoms with Crippen molar-refractivity contribution in [3.05, 3.63) is 29.6 Å². The van der Waals surface area contributed by atoms with Crippen LogP contribution in [0.5, 0.6) is 0 Å². The van der Waals surface area contributed by atoms with E-state index in [1.165, 1.54) is 0 Å². The summed E-state index contributed by atoms with van der Waals surface area (Å²) in [6.07, 6.45) is 2.12. The second-order valence-electron chi connectivity index (χ2n) is 6.09. The third-order valence-electron chi connectivity index (χ3n) is 4.59. The van der Waals surface area contributed by atoms with Crippen LogP contribution < -0.4 is 10.2 Å². The average molecular weight is 293 g/mol. The zero-order valence-corrected chi connectivity index (χ0v) is 13.7. The summed E-state index contributed by atoms with van der Waals surface area (Å²) in [6, 6.07) is 6.23. The van der Waals surface area contributed by atoms with Crippen molar-refractivity contribution >= 4 is 5.69 Å². The molecule has 0 spiro atoms. The molecule has 3 nitrogen and oxygen atoms in total. The quantitative estimate of drug-likeness (QED) is 0.920. The van der Waals surface area contributed by atoms with Gasteiger partial charge in [-0.05, 0) is 58.1 Å². The van der Waals surface area contributed by atoms with Crippen LogP contribution in [-0.2, 0) is 0 Å². The third kappa shape index (κ3) is 3.74. The van der Waals surface area contributed by atoms with Gasteiger partial charge >= 0.3 is 0 Å². The molecule has 0 amide bonds. The van der Waals surface area contributed by atoms with Crippen molar-refractivity contribution in [3.63, 3.8) is 0 Å².